The Bertz CT molecular complexity index is 702. The van der Waals surface area contributed by atoms with E-state index in [9.17, 15) is 14.0 Å². The predicted molar refractivity (Wildman–Crippen MR) is 89.4 cm³/mol. The molecule has 2 unspecified atom stereocenters. The van der Waals surface area contributed by atoms with Crippen LogP contribution in [0.3, 0.4) is 0 Å². The van der Waals surface area contributed by atoms with Gasteiger partial charge in [0.15, 0.2) is 0 Å². The minimum atomic E-state index is -0.414. The van der Waals surface area contributed by atoms with Gasteiger partial charge < -0.3 is 10.6 Å². The van der Waals surface area contributed by atoms with E-state index >= 15 is 0 Å². The molecule has 6 heteroatoms. The van der Waals surface area contributed by atoms with E-state index < -0.39 is 5.82 Å². The number of halogens is 2. The van der Waals surface area contributed by atoms with Gasteiger partial charge >= 0.3 is 0 Å². The third-order valence-corrected chi connectivity index (χ3v) is 4.14. The summed E-state index contributed by atoms with van der Waals surface area (Å²) in [6.45, 7) is 0. The number of hydrogen-bond donors (Lipinski definition) is 2. The molecule has 0 bridgehead atoms. The van der Waals surface area contributed by atoms with Crippen molar-refractivity contribution in [2.45, 2.75) is 6.42 Å². The fraction of sp³-hybridized carbons (Fsp3) is 0.176. The highest BCUT2D eigenvalue weighted by atomic mass is 79.9. The average molecular weight is 377 g/mol. The quantitative estimate of drug-likeness (QED) is 0.852. The number of hydrogen-bond acceptors (Lipinski definition) is 2. The monoisotopic (exact) mass is 376 g/mol. The van der Waals surface area contributed by atoms with Gasteiger partial charge in [0.1, 0.15) is 5.82 Å². The summed E-state index contributed by atoms with van der Waals surface area (Å²) >= 11 is 3.34. The van der Waals surface area contributed by atoms with Crippen molar-refractivity contribution in [2.24, 2.45) is 11.8 Å². The summed E-state index contributed by atoms with van der Waals surface area (Å²) in [7, 11) is 0. The third kappa shape index (κ3) is 3.96. The SMILES string of the molecule is O=C(Nc1cccc(F)c1)C1CC1C(=O)Nc1cccc(Br)c1. The summed E-state index contributed by atoms with van der Waals surface area (Å²) < 4.78 is 14.0. The molecule has 2 aromatic rings. The molecule has 118 valence electrons. The Kier molecular flexibility index (Phi) is 4.43. The molecule has 0 radical (unpaired) electrons. The van der Waals surface area contributed by atoms with Crippen LogP contribution in [0.2, 0.25) is 0 Å². The van der Waals surface area contributed by atoms with Crippen molar-refractivity contribution >= 4 is 39.1 Å². The molecule has 23 heavy (non-hydrogen) atoms. The molecule has 2 N–H and O–H groups in total. The fourth-order valence-electron chi connectivity index (χ4n) is 2.38. The van der Waals surface area contributed by atoms with Crippen LogP contribution in [0, 0.1) is 17.7 Å². The highest BCUT2D eigenvalue weighted by Crippen LogP contribution is 2.40. The van der Waals surface area contributed by atoms with Gasteiger partial charge in [-0.05, 0) is 42.8 Å². The van der Waals surface area contributed by atoms with Gasteiger partial charge in [0.25, 0.3) is 0 Å². The molecule has 2 atom stereocenters. The van der Waals surface area contributed by atoms with Gasteiger partial charge in [-0.1, -0.05) is 28.1 Å². The van der Waals surface area contributed by atoms with Crippen LogP contribution in [0.4, 0.5) is 15.8 Å². The Morgan fingerprint density at radius 2 is 1.52 bits per heavy atom. The Morgan fingerprint density at radius 1 is 0.957 bits per heavy atom. The fourth-order valence-corrected chi connectivity index (χ4v) is 2.78. The molecule has 0 aromatic heterocycles. The largest absolute Gasteiger partial charge is 0.326 e. The Hall–Kier alpha value is -2.21. The second-order valence-electron chi connectivity index (χ2n) is 5.45. The molecular formula is C17H14BrFN2O2. The molecule has 0 heterocycles. The second kappa shape index (κ2) is 6.50. The summed E-state index contributed by atoms with van der Waals surface area (Å²) in [6.07, 6.45) is 0.501. The Morgan fingerprint density at radius 3 is 2.09 bits per heavy atom. The highest BCUT2D eigenvalue weighted by Gasteiger charge is 2.48. The van der Waals surface area contributed by atoms with Crippen LogP contribution in [-0.4, -0.2) is 11.8 Å². The molecule has 2 amide bonds. The number of carbonyl (C=O) groups is 2. The zero-order valence-corrected chi connectivity index (χ0v) is 13.6. The van der Waals surface area contributed by atoms with Crippen molar-refractivity contribution in [3.63, 3.8) is 0 Å². The lowest BCUT2D eigenvalue weighted by Gasteiger charge is -2.06. The maximum absolute atomic E-state index is 13.1. The topological polar surface area (TPSA) is 58.2 Å². The van der Waals surface area contributed by atoms with Crippen LogP contribution in [-0.2, 0) is 9.59 Å². The van der Waals surface area contributed by atoms with Crippen molar-refractivity contribution in [3.8, 4) is 0 Å². The lowest BCUT2D eigenvalue weighted by molar-refractivity contribution is -0.122. The first-order valence-corrected chi connectivity index (χ1v) is 7.95. The lowest BCUT2D eigenvalue weighted by atomic mass is 10.2. The molecule has 4 nitrogen and oxygen atoms in total. The minimum Gasteiger partial charge on any atom is -0.326 e. The number of amides is 2. The molecule has 1 saturated carbocycles. The van der Waals surface area contributed by atoms with Crippen molar-refractivity contribution in [2.75, 3.05) is 10.6 Å². The number of anilines is 2. The van der Waals surface area contributed by atoms with E-state index in [0.29, 0.717) is 17.8 Å². The van der Waals surface area contributed by atoms with E-state index in [4.69, 9.17) is 0 Å². The second-order valence-corrected chi connectivity index (χ2v) is 6.36. The lowest BCUT2D eigenvalue weighted by Crippen LogP contribution is -2.20. The highest BCUT2D eigenvalue weighted by molar-refractivity contribution is 9.10. The average Bonchev–Trinajstić information content (AvgIpc) is 3.28. The predicted octanol–water partition coefficient (Wildman–Crippen LogP) is 3.80. The maximum atomic E-state index is 13.1. The number of nitrogens with one attached hydrogen (secondary N) is 2. The van der Waals surface area contributed by atoms with E-state index in [0.717, 1.165) is 4.47 Å². The van der Waals surface area contributed by atoms with E-state index in [1.165, 1.54) is 18.2 Å². The van der Waals surface area contributed by atoms with E-state index in [2.05, 4.69) is 26.6 Å². The van der Waals surface area contributed by atoms with Crippen LogP contribution in [0.25, 0.3) is 0 Å². The summed E-state index contributed by atoms with van der Waals surface area (Å²) in [6, 6.07) is 12.9. The van der Waals surface area contributed by atoms with Crippen LogP contribution in [0.5, 0.6) is 0 Å². The van der Waals surface area contributed by atoms with Crippen LogP contribution in [0.1, 0.15) is 6.42 Å². The molecular weight excluding hydrogens is 363 g/mol. The van der Waals surface area contributed by atoms with Crippen molar-refractivity contribution in [1.82, 2.24) is 0 Å². The van der Waals surface area contributed by atoms with Gasteiger partial charge in [-0.25, -0.2) is 4.39 Å². The molecule has 1 fully saturated rings. The van der Waals surface area contributed by atoms with Crippen LogP contribution < -0.4 is 10.6 Å². The number of benzene rings is 2. The van der Waals surface area contributed by atoms with Gasteiger partial charge in [-0.15, -0.1) is 0 Å². The molecule has 2 aromatic carbocycles. The zero-order valence-electron chi connectivity index (χ0n) is 12.1. The normalized spacial score (nSPS) is 19.0. The van der Waals surface area contributed by atoms with Crippen molar-refractivity contribution in [1.29, 1.82) is 0 Å². The van der Waals surface area contributed by atoms with Crippen LogP contribution in [0.15, 0.2) is 53.0 Å². The van der Waals surface area contributed by atoms with Gasteiger partial charge in [-0.3, -0.25) is 9.59 Å². The van der Waals surface area contributed by atoms with Crippen LogP contribution >= 0.6 is 15.9 Å². The molecule has 1 aliphatic rings. The van der Waals surface area contributed by atoms with Gasteiger partial charge in [-0.2, -0.15) is 0 Å². The summed E-state index contributed by atoms with van der Waals surface area (Å²) in [5, 5.41) is 5.43. The Balaban J connectivity index is 1.56. The minimum absolute atomic E-state index is 0.178. The van der Waals surface area contributed by atoms with Gasteiger partial charge in [0, 0.05) is 15.8 Å². The standard InChI is InChI=1S/C17H14BrFN2O2/c18-10-3-1-5-12(7-10)20-16(22)14-9-15(14)17(23)21-13-6-2-4-11(19)8-13/h1-8,14-15H,9H2,(H,20,22)(H,21,23). The van der Waals surface area contributed by atoms with Crippen molar-refractivity contribution < 1.29 is 14.0 Å². The van der Waals surface area contributed by atoms with Gasteiger partial charge in [0.2, 0.25) is 11.8 Å². The zero-order chi connectivity index (χ0) is 16.4. The number of carbonyl (C=O) groups excluding carboxylic acids is 2. The van der Waals surface area contributed by atoms with Gasteiger partial charge in [0.05, 0.1) is 11.8 Å². The van der Waals surface area contributed by atoms with E-state index in [-0.39, 0.29) is 23.7 Å². The van der Waals surface area contributed by atoms with Crippen molar-refractivity contribution in [3.05, 3.63) is 58.8 Å². The smallest absolute Gasteiger partial charge is 0.228 e. The first kappa shape index (κ1) is 15.7. The molecule has 1 aliphatic carbocycles. The summed E-state index contributed by atoms with van der Waals surface area (Å²) in [5.74, 6) is -1.57. The third-order valence-electron chi connectivity index (χ3n) is 3.65. The van der Waals surface area contributed by atoms with E-state index in [1.807, 2.05) is 12.1 Å². The molecule has 3 rings (SSSR count). The first-order valence-electron chi connectivity index (χ1n) is 7.16. The maximum Gasteiger partial charge on any atom is 0.228 e. The molecule has 0 aliphatic heterocycles. The molecule has 0 saturated heterocycles. The summed E-state index contributed by atoms with van der Waals surface area (Å²) in [5.41, 5.74) is 1.08. The van der Waals surface area contributed by atoms with E-state index in [1.54, 1.807) is 18.2 Å². The number of rotatable bonds is 4. The molecule has 0 spiro atoms. The Labute approximate surface area is 141 Å². The summed E-state index contributed by atoms with van der Waals surface area (Å²) in [4.78, 5) is 24.2. The first-order chi connectivity index (χ1) is 11.0.